The monoisotopic (exact) mass is 323 g/mol. The van der Waals surface area contributed by atoms with E-state index in [1.54, 1.807) is 18.2 Å². The van der Waals surface area contributed by atoms with Gasteiger partial charge >= 0.3 is 5.97 Å². The van der Waals surface area contributed by atoms with Gasteiger partial charge in [-0.3, -0.25) is 4.79 Å². The van der Waals surface area contributed by atoms with E-state index in [1.165, 1.54) is 11.6 Å². The Morgan fingerprint density at radius 1 is 1.00 bits per heavy atom. The topological polar surface area (TPSA) is 66.4 Å². The molecule has 0 aliphatic heterocycles. The first kappa shape index (κ1) is 16.2. The van der Waals surface area contributed by atoms with Gasteiger partial charge in [0.2, 0.25) is 5.91 Å². The number of aromatic carboxylic acids is 1. The molecule has 0 heterocycles. The van der Waals surface area contributed by atoms with Crippen LogP contribution in [0, 0.1) is 0 Å². The molecule has 0 saturated heterocycles. The van der Waals surface area contributed by atoms with Crippen molar-refractivity contribution in [2.45, 2.75) is 37.6 Å². The molecule has 1 aliphatic carbocycles. The van der Waals surface area contributed by atoms with E-state index in [0.717, 1.165) is 19.3 Å². The Balaban J connectivity index is 1.68. The van der Waals surface area contributed by atoms with E-state index < -0.39 is 5.97 Å². The van der Waals surface area contributed by atoms with Crippen molar-refractivity contribution in [3.8, 4) is 0 Å². The van der Waals surface area contributed by atoms with Gasteiger partial charge in [-0.15, -0.1) is 0 Å². The third-order valence-corrected chi connectivity index (χ3v) is 4.69. The predicted octanol–water partition coefficient (Wildman–Crippen LogP) is 3.38. The van der Waals surface area contributed by atoms with E-state index >= 15 is 0 Å². The minimum absolute atomic E-state index is 0.0977. The number of amides is 1. The zero-order valence-electron chi connectivity index (χ0n) is 13.4. The summed E-state index contributed by atoms with van der Waals surface area (Å²) in [7, 11) is 0. The lowest BCUT2D eigenvalue weighted by molar-refractivity contribution is -0.121. The van der Waals surface area contributed by atoms with Crippen LogP contribution in [0.25, 0.3) is 0 Å². The van der Waals surface area contributed by atoms with Gasteiger partial charge in [0.25, 0.3) is 0 Å². The number of carboxylic acid groups (broad SMARTS) is 1. The Kier molecular flexibility index (Phi) is 4.94. The maximum atomic E-state index is 12.4. The van der Waals surface area contributed by atoms with Crippen LogP contribution in [0.2, 0.25) is 0 Å². The molecule has 2 aromatic rings. The average Bonchev–Trinajstić information content (AvgIpc) is 3.04. The highest BCUT2D eigenvalue weighted by Crippen LogP contribution is 2.34. The second kappa shape index (κ2) is 7.30. The number of rotatable bonds is 5. The molecule has 0 aromatic heterocycles. The second-order valence-electron chi connectivity index (χ2n) is 6.26. The Labute approximate surface area is 141 Å². The van der Waals surface area contributed by atoms with Crippen LogP contribution in [-0.2, 0) is 11.2 Å². The van der Waals surface area contributed by atoms with Crippen molar-refractivity contribution >= 4 is 11.9 Å². The van der Waals surface area contributed by atoms with Gasteiger partial charge in [-0.25, -0.2) is 4.79 Å². The number of hydrogen-bond donors (Lipinski definition) is 2. The molecule has 4 heteroatoms. The van der Waals surface area contributed by atoms with Crippen molar-refractivity contribution in [1.29, 1.82) is 0 Å². The quantitative estimate of drug-likeness (QED) is 0.886. The van der Waals surface area contributed by atoms with Gasteiger partial charge in [-0.05, 0) is 30.0 Å². The summed E-state index contributed by atoms with van der Waals surface area (Å²) in [6, 6.07) is 17.0. The molecule has 24 heavy (non-hydrogen) atoms. The zero-order valence-corrected chi connectivity index (χ0v) is 13.4. The van der Waals surface area contributed by atoms with Crippen molar-refractivity contribution in [1.82, 2.24) is 5.32 Å². The third-order valence-electron chi connectivity index (χ3n) is 4.69. The van der Waals surface area contributed by atoms with Gasteiger partial charge in [0.05, 0.1) is 12.0 Å². The van der Waals surface area contributed by atoms with Crippen LogP contribution in [0.15, 0.2) is 54.6 Å². The number of carbonyl (C=O) groups is 2. The number of benzene rings is 2. The van der Waals surface area contributed by atoms with Crippen LogP contribution in [-0.4, -0.2) is 23.0 Å². The van der Waals surface area contributed by atoms with E-state index in [4.69, 9.17) is 0 Å². The van der Waals surface area contributed by atoms with Crippen LogP contribution in [0.4, 0.5) is 0 Å². The van der Waals surface area contributed by atoms with Crippen molar-refractivity contribution in [2.75, 3.05) is 0 Å². The fourth-order valence-electron chi connectivity index (χ4n) is 3.55. The summed E-state index contributed by atoms with van der Waals surface area (Å²) in [6.07, 6.45) is 3.23. The Morgan fingerprint density at radius 3 is 2.46 bits per heavy atom. The summed E-state index contributed by atoms with van der Waals surface area (Å²) in [4.78, 5) is 23.7. The van der Waals surface area contributed by atoms with Gasteiger partial charge < -0.3 is 10.4 Å². The summed E-state index contributed by atoms with van der Waals surface area (Å²) in [5, 5.41) is 12.3. The molecule has 1 saturated carbocycles. The minimum atomic E-state index is -0.999. The maximum absolute atomic E-state index is 12.4. The van der Waals surface area contributed by atoms with Crippen LogP contribution >= 0.6 is 0 Å². The molecule has 3 rings (SSSR count). The number of nitrogens with one attached hydrogen (secondary N) is 1. The van der Waals surface area contributed by atoms with Gasteiger partial charge in [0.1, 0.15) is 0 Å². The van der Waals surface area contributed by atoms with E-state index in [1.807, 2.05) is 18.2 Å². The molecule has 0 radical (unpaired) electrons. The molecule has 0 unspecified atom stereocenters. The van der Waals surface area contributed by atoms with E-state index in [9.17, 15) is 14.7 Å². The standard InChI is InChI=1S/C20H21NO3/c22-19(13-15-9-4-5-10-17(15)20(23)24)21-18-12-6-11-16(18)14-7-2-1-3-8-14/h1-5,7-10,16,18H,6,11-13H2,(H,21,22)(H,23,24)/t16-,18+/m0/s1. The summed E-state index contributed by atoms with van der Waals surface area (Å²) in [5.41, 5.74) is 2.00. The smallest absolute Gasteiger partial charge is 0.335 e. The molecule has 0 spiro atoms. The van der Waals surface area contributed by atoms with Gasteiger partial charge in [-0.2, -0.15) is 0 Å². The first-order valence-corrected chi connectivity index (χ1v) is 8.30. The fourth-order valence-corrected chi connectivity index (χ4v) is 3.55. The molecule has 0 bridgehead atoms. The molecule has 2 atom stereocenters. The van der Waals surface area contributed by atoms with Crippen molar-refractivity contribution in [3.05, 3.63) is 71.3 Å². The average molecular weight is 323 g/mol. The maximum Gasteiger partial charge on any atom is 0.335 e. The zero-order chi connectivity index (χ0) is 16.9. The molecule has 4 nitrogen and oxygen atoms in total. The molecule has 2 N–H and O–H groups in total. The molecule has 1 fully saturated rings. The van der Waals surface area contributed by atoms with Crippen molar-refractivity contribution < 1.29 is 14.7 Å². The second-order valence-corrected chi connectivity index (χ2v) is 6.26. The van der Waals surface area contributed by atoms with Gasteiger partial charge in [0, 0.05) is 12.0 Å². The Hall–Kier alpha value is -2.62. The van der Waals surface area contributed by atoms with Crippen molar-refractivity contribution in [3.63, 3.8) is 0 Å². The van der Waals surface area contributed by atoms with E-state index in [2.05, 4.69) is 17.4 Å². The van der Waals surface area contributed by atoms with Gasteiger partial charge in [0.15, 0.2) is 0 Å². The number of carboxylic acids is 1. The molecule has 1 aliphatic rings. The molecular weight excluding hydrogens is 302 g/mol. The third kappa shape index (κ3) is 3.65. The summed E-state index contributed by atoms with van der Waals surface area (Å²) in [6.45, 7) is 0. The van der Waals surface area contributed by atoms with Crippen LogP contribution in [0.3, 0.4) is 0 Å². The van der Waals surface area contributed by atoms with Crippen LogP contribution in [0.1, 0.15) is 46.7 Å². The van der Waals surface area contributed by atoms with Crippen molar-refractivity contribution in [2.24, 2.45) is 0 Å². The van der Waals surface area contributed by atoms with Crippen LogP contribution < -0.4 is 5.32 Å². The lowest BCUT2D eigenvalue weighted by Gasteiger charge is -2.21. The fraction of sp³-hybridized carbons (Fsp3) is 0.300. The lowest BCUT2D eigenvalue weighted by Crippen LogP contribution is -2.37. The summed E-state index contributed by atoms with van der Waals surface area (Å²) >= 11 is 0. The first-order chi connectivity index (χ1) is 11.6. The van der Waals surface area contributed by atoms with E-state index in [0.29, 0.717) is 11.5 Å². The highest BCUT2D eigenvalue weighted by molar-refractivity contribution is 5.91. The molecular formula is C20H21NO3. The van der Waals surface area contributed by atoms with Gasteiger partial charge in [-0.1, -0.05) is 55.0 Å². The number of carbonyl (C=O) groups excluding carboxylic acids is 1. The SMILES string of the molecule is O=C(Cc1ccccc1C(=O)O)N[C@@H]1CCC[C@H]1c1ccccc1. The van der Waals surface area contributed by atoms with Crippen LogP contribution in [0.5, 0.6) is 0 Å². The Morgan fingerprint density at radius 2 is 1.71 bits per heavy atom. The highest BCUT2D eigenvalue weighted by Gasteiger charge is 2.29. The molecule has 124 valence electrons. The largest absolute Gasteiger partial charge is 0.478 e. The highest BCUT2D eigenvalue weighted by atomic mass is 16.4. The minimum Gasteiger partial charge on any atom is -0.478 e. The summed E-state index contributed by atoms with van der Waals surface area (Å²) < 4.78 is 0. The first-order valence-electron chi connectivity index (χ1n) is 8.30. The van der Waals surface area contributed by atoms with E-state index in [-0.39, 0.29) is 23.9 Å². The Bertz CT molecular complexity index is 727. The molecule has 2 aromatic carbocycles. The summed E-state index contributed by atoms with van der Waals surface area (Å²) in [5.74, 6) is -0.775. The number of hydrogen-bond acceptors (Lipinski definition) is 2. The molecule has 1 amide bonds. The normalized spacial score (nSPS) is 19.8. The predicted molar refractivity (Wildman–Crippen MR) is 92.1 cm³/mol. The lowest BCUT2D eigenvalue weighted by atomic mass is 9.94.